The maximum atomic E-state index is 13.6. The van der Waals surface area contributed by atoms with Gasteiger partial charge in [0.1, 0.15) is 11.6 Å². The smallest absolute Gasteiger partial charge is 0.301 e. The molecule has 0 aliphatic carbocycles. The first kappa shape index (κ1) is 18.6. The highest BCUT2D eigenvalue weighted by molar-refractivity contribution is 7.22. The summed E-state index contributed by atoms with van der Waals surface area (Å²) in [6, 6.07) is 8.34. The van der Waals surface area contributed by atoms with Crippen LogP contribution in [0, 0.1) is 5.82 Å². The fraction of sp³-hybridized carbons (Fsp3) is 0.0476. The summed E-state index contributed by atoms with van der Waals surface area (Å²) in [4.78, 5) is 35.7. The van der Waals surface area contributed by atoms with Crippen LogP contribution in [0.3, 0.4) is 0 Å². The Balaban J connectivity index is 1.72. The monoisotopic (exact) mass is 437 g/mol. The third-order valence-corrected chi connectivity index (χ3v) is 6.50. The van der Waals surface area contributed by atoms with Crippen LogP contribution in [0.2, 0.25) is 0 Å². The highest BCUT2D eigenvalue weighted by Crippen LogP contribution is 2.44. The fourth-order valence-electron chi connectivity index (χ4n) is 3.42. The van der Waals surface area contributed by atoms with E-state index in [2.05, 4.69) is 9.97 Å². The Hall–Kier alpha value is -3.43. The SMILES string of the molecule is O=C1C(=O)N(c2nc3ccc(F)cc3s2)C(c2ccsc2)C1=C(O)c1cccnc1. The van der Waals surface area contributed by atoms with E-state index in [0.717, 1.165) is 11.3 Å². The third kappa shape index (κ3) is 2.90. The van der Waals surface area contributed by atoms with Crippen molar-refractivity contribution >= 4 is 55.5 Å². The van der Waals surface area contributed by atoms with Gasteiger partial charge < -0.3 is 5.11 Å². The number of rotatable bonds is 3. The molecule has 1 atom stereocenters. The molecule has 1 aliphatic rings. The Morgan fingerprint density at radius 2 is 2.07 bits per heavy atom. The van der Waals surface area contributed by atoms with Crippen LogP contribution in [0.5, 0.6) is 0 Å². The second kappa shape index (κ2) is 7.12. The summed E-state index contributed by atoms with van der Waals surface area (Å²) >= 11 is 2.52. The predicted molar refractivity (Wildman–Crippen MR) is 113 cm³/mol. The number of Topliss-reactive ketones (excluding diaryl/α,β-unsaturated/α-hetero) is 1. The lowest BCUT2D eigenvalue weighted by atomic mass is 9.98. The molecule has 1 fully saturated rings. The molecule has 4 heterocycles. The predicted octanol–water partition coefficient (Wildman–Crippen LogP) is 4.52. The quantitative estimate of drug-likeness (QED) is 0.290. The molecule has 1 N–H and O–H groups in total. The van der Waals surface area contributed by atoms with Gasteiger partial charge in [-0.1, -0.05) is 11.3 Å². The van der Waals surface area contributed by atoms with E-state index in [1.807, 2.05) is 10.8 Å². The number of carbonyl (C=O) groups is 2. The van der Waals surface area contributed by atoms with Gasteiger partial charge in [0.15, 0.2) is 5.13 Å². The molecule has 5 rings (SSSR count). The Morgan fingerprint density at radius 3 is 2.80 bits per heavy atom. The van der Waals surface area contributed by atoms with Gasteiger partial charge in [-0.2, -0.15) is 11.3 Å². The molecule has 30 heavy (non-hydrogen) atoms. The minimum absolute atomic E-state index is 0.0307. The average Bonchev–Trinajstić information content (AvgIpc) is 3.47. The third-order valence-electron chi connectivity index (χ3n) is 4.78. The number of carbonyl (C=O) groups excluding carboxylic acids is 2. The highest BCUT2D eigenvalue weighted by Gasteiger charge is 2.48. The zero-order valence-electron chi connectivity index (χ0n) is 15.2. The molecule has 3 aromatic heterocycles. The van der Waals surface area contributed by atoms with Crippen LogP contribution in [-0.4, -0.2) is 26.8 Å². The van der Waals surface area contributed by atoms with Crippen LogP contribution in [0.25, 0.3) is 16.0 Å². The number of ketones is 1. The average molecular weight is 437 g/mol. The Labute approximate surface area is 177 Å². The number of aromatic nitrogens is 2. The maximum absolute atomic E-state index is 13.6. The molecular formula is C21H12FN3O3S2. The maximum Gasteiger partial charge on any atom is 0.301 e. The summed E-state index contributed by atoms with van der Waals surface area (Å²) in [5.74, 6) is -2.31. The molecule has 0 saturated carbocycles. The molecule has 0 bridgehead atoms. The molecular weight excluding hydrogens is 425 g/mol. The molecule has 1 amide bonds. The van der Waals surface area contributed by atoms with Gasteiger partial charge >= 0.3 is 5.91 Å². The number of pyridine rings is 1. The van der Waals surface area contributed by atoms with Gasteiger partial charge in [-0.25, -0.2) is 9.37 Å². The van der Waals surface area contributed by atoms with Crippen molar-refractivity contribution in [2.24, 2.45) is 0 Å². The normalized spacial score (nSPS) is 18.4. The van der Waals surface area contributed by atoms with Crippen molar-refractivity contribution < 1.29 is 19.1 Å². The second-order valence-electron chi connectivity index (χ2n) is 6.58. The van der Waals surface area contributed by atoms with Crippen molar-refractivity contribution in [2.45, 2.75) is 6.04 Å². The zero-order valence-corrected chi connectivity index (χ0v) is 16.8. The minimum Gasteiger partial charge on any atom is -0.507 e. The Morgan fingerprint density at radius 1 is 1.20 bits per heavy atom. The van der Waals surface area contributed by atoms with E-state index in [4.69, 9.17) is 0 Å². The molecule has 9 heteroatoms. The molecule has 6 nitrogen and oxygen atoms in total. The van der Waals surface area contributed by atoms with Crippen molar-refractivity contribution in [3.63, 3.8) is 0 Å². The Bertz CT molecular complexity index is 1320. The zero-order chi connectivity index (χ0) is 20.8. The first-order valence-corrected chi connectivity index (χ1v) is 10.6. The summed E-state index contributed by atoms with van der Waals surface area (Å²) in [6.45, 7) is 0. The number of anilines is 1. The van der Waals surface area contributed by atoms with Crippen molar-refractivity contribution in [1.82, 2.24) is 9.97 Å². The molecule has 1 aromatic carbocycles. The summed E-state index contributed by atoms with van der Waals surface area (Å²) in [5, 5.41) is 14.8. The van der Waals surface area contributed by atoms with E-state index in [-0.39, 0.29) is 16.5 Å². The number of hydrogen-bond acceptors (Lipinski definition) is 7. The van der Waals surface area contributed by atoms with Crippen molar-refractivity contribution in [2.75, 3.05) is 4.90 Å². The van der Waals surface area contributed by atoms with Gasteiger partial charge in [-0.3, -0.25) is 19.5 Å². The van der Waals surface area contributed by atoms with E-state index in [1.165, 1.54) is 40.6 Å². The largest absolute Gasteiger partial charge is 0.507 e. The number of aliphatic hydroxyl groups excluding tert-OH is 1. The lowest BCUT2D eigenvalue weighted by Crippen LogP contribution is -2.29. The van der Waals surface area contributed by atoms with Crippen LogP contribution in [0.15, 0.2) is 65.1 Å². The van der Waals surface area contributed by atoms with Crippen LogP contribution in [-0.2, 0) is 9.59 Å². The van der Waals surface area contributed by atoms with E-state index in [0.29, 0.717) is 21.3 Å². The van der Waals surface area contributed by atoms with Crippen LogP contribution < -0.4 is 4.90 Å². The second-order valence-corrected chi connectivity index (χ2v) is 8.37. The van der Waals surface area contributed by atoms with Crippen LogP contribution in [0.4, 0.5) is 9.52 Å². The molecule has 4 aromatic rings. The van der Waals surface area contributed by atoms with Crippen molar-refractivity contribution in [3.05, 3.63) is 82.1 Å². The van der Waals surface area contributed by atoms with Gasteiger partial charge in [-0.05, 0) is 52.7 Å². The summed E-state index contributed by atoms with van der Waals surface area (Å²) in [6.07, 6.45) is 2.97. The van der Waals surface area contributed by atoms with Gasteiger partial charge in [0.2, 0.25) is 0 Å². The molecule has 148 valence electrons. The number of benzene rings is 1. The Kier molecular flexibility index (Phi) is 4.41. The first-order chi connectivity index (χ1) is 14.5. The number of thiazole rings is 1. The number of fused-ring (bicyclic) bond motifs is 1. The van der Waals surface area contributed by atoms with Gasteiger partial charge in [0.05, 0.1) is 21.8 Å². The number of nitrogens with zero attached hydrogens (tertiary/aromatic N) is 3. The van der Waals surface area contributed by atoms with E-state index >= 15 is 0 Å². The lowest BCUT2D eigenvalue weighted by molar-refractivity contribution is -0.132. The van der Waals surface area contributed by atoms with E-state index in [1.54, 1.807) is 24.4 Å². The molecule has 0 radical (unpaired) electrons. The number of hydrogen-bond donors (Lipinski definition) is 1. The first-order valence-electron chi connectivity index (χ1n) is 8.84. The standard InChI is InChI=1S/C21H12FN3O3S2/c22-13-3-4-14-15(8-13)30-21(24-14)25-17(12-5-7-29-10-12)16(19(27)20(25)28)18(26)11-2-1-6-23-9-11/h1-10,17,26H. The van der Waals surface area contributed by atoms with Gasteiger partial charge in [0.25, 0.3) is 5.78 Å². The number of aliphatic hydroxyl groups is 1. The number of amides is 1. The fourth-order valence-corrected chi connectivity index (χ4v) is 5.12. The summed E-state index contributed by atoms with van der Waals surface area (Å²) in [5.41, 5.74) is 1.50. The number of halogens is 1. The van der Waals surface area contributed by atoms with Crippen LogP contribution in [0.1, 0.15) is 17.2 Å². The van der Waals surface area contributed by atoms with Crippen molar-refractivity contribution in [1.29, 1.82) is 0 Å². The lowest BCUT2D eigenvalue weighted by Gasteiger charge is -2.21. The van der Waals surface area contributed by atoms with E-state index in [9.17, 15) is 19.1 Å². The minimum atomic E-state index is -0.845. The van der Waals surface area contributed by atoms with Crippen molar-refractivity contribution in [3.8, 4) is 0 Å². The highest BCUT2D eigenvalue weighted by atomic mass is 32.1. The number of thiophene rings is 1. The summed E-state index contributed by atoms with van der Waals surface area (Å²) in [7, 11) is 0. The summed E-state index contributed by atoms with van der Waals surface area (Å²) < 4.78 is 14.2. The van der Waals surface area contributed by atoms with E-state index < -0.39 is 23.5 Å². The van der Waals surface area contributed by atoms with Gasteiger partial charge in [-0.15, -0.1) is 0 Å². The molecule has 1 unspecified atom stereocenters. The van der Waals surface area contributed by atoms with Gasteiger partial charge in [0, 0.05) is 18.0 Å². The molecule has 1 aliphatic heterocycles. The molecule has 0 spiro atoms. The molecule has 1 saturated heterocycles. The van der Waals surface area contributed by atoms with Crippen LogP contribution >= 0.6 is 22.7 Å². The topological polar surface area (TPSA) is 83.4 Å².